The number of hydrogen-bond acceptors (Lipinski definition) is 9. The van der Waals surface area contributed by atoms with Crippen LogP contribution in [0.15, 0.2) is 18.3 Å². The van der Waals surface area contributed by atoms with Crippen molar-refractivity contribution in [1.29, 1.82) is 10.5 Å². The molecule has 3 fully saturated rings. The zero-order valence-corrected chi connectivity index (χ0v) is 20.4. The molecule has 36 heavy (non-hydrogen) atoms. The van der Waals surface area contributed by atoms with Crippen LogP contribution in [0.25, 0.3) is 5.65 Å². The van der Waals surface area contributed by atoms with Crippen LogP contribution in [0.5, 0.6) is 0 Å². The topological polar surface area (TPSA) is 138 Å². The molecule has 2 aliphatic carbocycles. The summed E-state index contributed by atoms with van der Waals surface area (Å²) in [5.74, 6) is 1.03. The smallest absolute Gasteiger partial charge is 0.247 e. The van der Waals surface area contributed by atoms with Crippen LogP contribution in [0, 0.1) is 22.7 Å². The number of anilines is 3. The summed E-state index contributed by atoms with van der Waals surface area (Å²) in [5.41, 5.74) is 2.79. The minimum Gasteiger partial charge on any atom is -0.391 e. The third kappa shape index (κ3) is 4.22. The molecule has 10 nitrogen and oxygen atoms in total. The number of piperidine rings is 1. The van der Waals surface area contributed by atoms with Gasteiger partial charge in [0.15, 0.2) is 17.2 Å². The number of aromatic nitrogens is 4. The molecule has 2 saturated carbocycles. The Labute approximate surface area is 213 Å². The summed E-state index contributed by atoms with van der Waals surface area (Å²) in [6.45, 7) is 1.80. The number of rotatable bonds is 6. The molecule has 184 valence electrons. The fourth-order valence-corrected chi connectivity index (χ4v) is 5.49. The highest BCUT2D eigenvalue weighted by atomic mass is 35.5. The highest BCUT2D eigenvalue weighted by Gasteiger charge is 2.36. The van der Waals surface area contributed by atoms with Gasteiger partial charge in [-0.25, -0.2) is 4.98 Å². The van der Waals surface area contributed by atoms with Gasteiger partial charge in [-0.2, -0.15) is 20.0 Å². The number of nitriles is 2. The predicted molar refractivity (Wildman–Crippen MR) is 134 cm³/mol. The lowest BCUT2D eigenvalue weighted by molar-refractivity contribution is -0.0301. The molecule has 0 radical (unpaired) electrons. The number of nitrogens with one attached hydrogen (secondary N) is 2. The number of nitrogens with zero attached hydrogens (tertiary/aromatic N) is 7. The SMILES string of the molecule is N#Cc1cc(Nc2nc(NC3CC3)c3ncc(C#N)n3n2)c(Cl)c(C2CCN([C@@H]3CC[C@H]3O)CC2)c1. The average molecular weight is 504 g/mol. The Morgan fingerprint density at radius 1 is 1.06 bits per heavy atom. The number of imidazole rings is 1. The Bertz CT molecular complexity index is 1400. The van der Waals surface area contributed by atoms with Gasteiger partial charge < -0.3 is 15.7 Å². The summed E-state index contributed by atoms with van der Waals surface area (Å²) >= 11 is 6.90. The maximum absolute atomic E-state index is 10.0. The fraction of sp³-hybridized carbons (Fsp3) is 0.480. The maximum atomic E-state index is 10.0. The van der Waals surface area contributed by atoms with Crippen molar-refractivity contribution < 1.29 is 5.11 Å². The van der Waals surface area contributed by atoms with E-state index in [0.29, 0.717) is 39.5 Å². The molecule has 0 bridgehead atoms. The van der Waals surface area contributed by atoms with Crippen molar-refractivity contribution in [2.45, 2.75) is 62.6 Å². The van der Waals surface area contributed by atoms with Gasteiger partial charge >= 0.3 is 0 Å². The Balaban J connectivity index is 1.29. The van der Waals surface area contributed by atoms with E-state index >= 15 is 0 Å². The molecular formula is C25H26ClN9O. The summed E-state index contributed by atoms with van der Waals surface area (Å²) in [5, 5.41) is 40.8. The third-order valence-corrected chi connectivity index (χ3v) is 7.93. The first-order valence-electron chi connectivity index (χ1n) is 12.4. The van der Waals surface area contributed by atoms with Crippen LogP contribution in [0.1, 0.15) is 61.3 Å². The van der Waals surface area contributed by atoms with Gasteiger partial charge in [0, 0.05) is 12.1 Å². The first kappa shape index (κ1) is 23.0. The van der Waals surface area contributed by atoms with Crippen molar-refractivity contribution in [3.05, 3.63) is 40.2 Å². The summed E-state index contributed by atoms with van der Waals surface area (Å²) in [6, 6.07) is 8.54. The average Bonchev–Trinajstić information content (AvgIpc) is 3.60. The van der Waals surface area contributed by atoms with E-state index in [0.717, 1.165) is 57.2 Å². The van der Waals surface area contributed by atoms with E-state index < -0.39 is 0 Å². The predicted octanol–water partition coefficient (Wildman–Crippen LogP) is 3.54. The van der Waals surface area contributed by atoms with Gasteiger partial charge in [0.2, 0.25) is 5.95 Å². The van der Waals surface area contributed by atoms with E-state index in [9.17, 15) is 15.6 Å². The molecule has 2 atom stereocenters. The van der Waals surface area contributed by atoms with Gasteiger partial charge in [0.1, 0.15) is 6.07 Å². The molecule has 3 aliphatic rings. The van der Waals surface area contributed by atoms with Crippen molar-refractivity contribution in [2.24, 2.45) is 0 Å². The summed E-state index contributed by atoms with van der Waals surface area (Å²) in [6.07, 6.45) is 7.14. The monoisotopic (exact) mass is 503 g/mol. The zero-order chi connectivity index (χ0) is 24.8. The molecule has 1 aliphatic heterocycles. The minimum absolute atomic E-state index is 0.212. The minimum atomic E-state index is -0.212. The van der Waals surface area contributed by atoms with E-state index in [2.05, 4.69) is 42.7 Å². The first-order chi connectivity index (χ1) is 17.5. The Kier molecular flexibility index (Phi) is 5.88. The van der Waals surface area contributed by atoms with E-state index in [1.54, 1.807) is 6.07 Å². The van der Waals surface area contributed by atoms with Crippen molar-refractivity contribution in [2.75, 3.05) is 23.7 Å². The van der Waals surface area contributed by atoms with Gasteiger partial charge in [-0.1, -0.05) is 11.6 Å². The van der Waals surface area contributed by atoms with Crippen LogP contribution < -0.4 is 10.6 Å². The van der Waals surface area contributed by atoms with Crippen LogP contribution in [0.2, 0.25) is 5.02 Å². The third-order valence-electron chi connectivity index (χ3n) is 7.51. The quantitative estimate of drug-likeness (QED) is 0.461. The van der Waals surface area contributed by atoms with E-state index in [-0.39, 0.29) is 24.0 Å². The Hall–Kier alpha value is -3.44. The van der Waals surface area contributed by atoms with Gasteiger partial charge in [-0.15, -0.1) is 5.10 Å². The zero-order valence-electron chi connectivity index (χ0n) is 19.7. The summed E-state index contributed by atoms with van der Waals surface area (Å²) in [7, 11) is 0. The van der Waals surface area contributed by atoms with Gasteiger partial charge in [-0.05, 0) is 75.2 Å². The molecule has 1 aromatic carbocycles. The van der Waals surface area contributed by atoms with Crippen molar-refractivity contribution in [1.82, 2.24) is 24.5 Å². The number of likely N-dealkylation sites (tertiary alicyclic amines) is 1. The van der Waals surface area contributed by atoms with E-state index in [1.165, 1.54) is 10.7 Å². The lowest BCUT2D eigenvalue weighted by atomic mass is 9.83. The van der Waals surface area contributed by atoms with Crippen LogP contribution in [-0.4, -0.2) is 60.9 Å². The van der Waals surface area contributed by atoms with Crippen LogP contribution >= 0.6 is 11.6 Å². The molecule has 3 heterocycles. The van der Waals surface area contributed by atoms with Crippen molar-refractivity contribution >= 4 is 34.7 Å². The Morgan fingerprint density at radius 3 is 2.50 bits per heavy atom. The number of halogens is 1. The van der Waals surface area contributed by atoms with Crippen LogP contribution in [-0.2, 0) is 0 Å². The molecule has 3 aromatic rings. The van der Waals surface area contributed by atoms with Gasteiger partial charge in [0.25, 0.3) is 0 Å². The van der Waals surface area contributed by atoms with Crippen LogP contribution in [0.3, 0.4) is 0 Å². The number of fused-ring (bicyclic) bond motifs is 1. The van der Waals surface area contributed by atoms with Gasteiger partial charge in [-0.3, -0.25) is 4.90 Å². The highest BCUT2D eigenvalue weighted by Crippen LogP contribution is 2.40. The molecule has 11 heteroatoms. The second kappa shape index (κ2) is 9.21. The lowest BCUT2D eigenvalue weighted by Crippen LogP contribution is -2.52. The second-order valence-electron chi connectivity index (χ2n) is 9.88. The Morgan fingerprint density at radius 2 is 1.86 bits per heavy atom. The number of aliphatic hydroxyl groups is 1. The maximum Gasteiger partial charge on any atom is 0.247 e. The summed E-state index contributed by atoms with van der Waals surface area (Å²) in [4.78, 5) is 11.3. The summed E-state index contributed by atoms with van der Waals surface area (Å²) < 4.78 is 1.47. The molecule has 2 aromatic heterocycles. The van der Waals surface area contributed by atoms with Crippen LogP contribution in [0.4, 0.5) is 17.5 Å². The molecule has 6 rings (SSSR count). The molecule has 0 spiro atoms. The first-order valence-corrected chi connectivity index (χ1v) is 12.8. The number of hydrogen-bond donors (Lipinski definition) is 3. The number of benzene rings is 1. The van der Waals surface area contributed by atoms with Gasteiger partial charge in [0.05, 0.1) is 34.6 Å². The highest BCUT2D eigenvalue weighted by molar-refractivity contribution is 6.34. The lowest BCUT2D eigenvalue weighted by Gasteiger charge is -2.45. The molecule has 0 unspecified atom stereocenters. The molecular weight excluding hydrogens is 478 g/mol. The van der Waals surface area contributed by atoms with Crippen molar-refractivity contribution in [3.63, 3.8) is 0 Å². The number of aliphatic hydroxyl groups excluding tert-OH is 1. The fourth-order valence-electron chi connectivity index (χ4n) is 5.18. The standard InChI is InChI=1S/C25H26ClN9O/c26-22-18(15-5-7-34(8-6-15)20-3-4-21(20)36)9-14(11-27)10-19(22)31-25-32-23(30-16-1-2-16)24-29-13-17(12-28)35(24)33-25/h9-10,13,15-16,20-21,36H,1-8H2,(H2,30,31,32,33)/t20-,21-/m1/s1. The largest absolute Gasteiger partial charge is 0.391 e. The van der Waals surface area contributed by atoms with E-state index in [1.807, 2.05) is 6.07 Å². The van der Waals surface area contributed by atoms with E-state index in [4.69, 9.17) is 11.6 Å². The van der Waals surface area contributed by atoms with Crippen molar-refractivity contribution in [3.8, 4) is 12.1 Å². The molecule has 1 saturated heterocycles. The molecule has 0 amide bonds. The normalized spacial score (nSPS) is 22.6. The molecule has 3 N–H and O–H groups in total. The second-order valence-corrected chi connectivity index (χ2v) is 10.3.